The molecule has 3 heterocycles. The molecule has 0 radical (unpaired) electrons. The molecule has 0 saturated carbocycles. The number of aliphatic hydroxyl groups is 5. The van der Waals surface area contributed by atoms with Crippen LogP contribution in [-0.4, -0.2) is 62.9 Å². The number of hydrogen-bond donors (Lipinski definition) is 6. The maximum atomic E-state index is 12.7. The Labute approximate surface area is 337 Å². The molecule has 0 aliphatic rings. The van der Waals surface area contributed by atoms with Gasteiger partial charge in [0.05, 0.1) is 29.5 Å². The predicted octanol–water partition coefficient (Wildman–Crippen LogP) is 4.01. The Kier molecular flexibility index (Phi) is 15.4. The first-order chi connectivity index (χ1) is 28.0. The number of pyridine rings is 3. The summed E-state index contributed by atoms with van der Waals surface area (Å²) < 4.78 is 125. The van der Waals surface area contributed by atoms with E-state index in [0.29, 0.717) is 22.9 Å². The predicted molar refractivity (Wildman–Crippen MR) is 194 cm³/mol. The minimum Gasteiger partial charge on any atom is -0.503 e. The second-order valence-corrected chi connectivity index (χ2v) is 12.9. The fourth-order valence-electron chi connectivity index (χ4n) is 4.95. The van der Waals surface area contributed by atoms with Gasteiger partial charge >= 0.3 is 30.1 Å². The van der Waals surface area contributed by atoms with Crippen LogP contribution in [0.1, 0.15) is 34.3 Å². The van der Waals surface area contributed by atoms with Crippen molar-refractivity contribution in [2.24, 2.45) is 21.1 Å². The van der Waals surface area contributed by atoms with Gasteiger partial charge in [-0.05, 0) is 11.1 Å². The number of alkyl halides is 9. The molecule has 14 nitrogen and oxygen atoms in total. The van der Waals surface area contributed by atoms with Crippen molar-refractivity contribution in [1.29, 1.82) is 0 Å². The van der Waals surface area contributed by atoms with Gasteiger partial charge < -0.3 is 53.8 Å². The second-order valence-electron chi connectivity index (χ2n) is 12.9. The molecule has 2 aromatic carbocycles. The monoisotopic (exact) mass is 881 g/mol. The molecule has 5 aromatic rings. The zero-order valence-electron chi connectivity index (χ0n) is 31.7. The largest absolute Gasteiger partial charge is 0.503 e. The van der Waals surface area contributed by atoms with Crippen LogP contribution in [0.5, 0.6) is 17.2 Å². The standard InChI is InChI=1S/C15H14F3NO4.C15H14F3NO3.C8H8F3NO4/c1-19-8-12(23-9-10-5-3-2-4-6-10)11(20)7-13(19)14(21,22)15(16,17)18;1-19-8-13(22-9-10-5-3-2-4-6-10)12(20)7-11(19)14(21)15(16,17)18;1-12-3-5(14)4(13)2-6(12)7(15,16)8(9,10)11/h2-8,21-22H,9H2,1H3;2-8,14,21H,9H2,1H3;2-3,14-16H,1H3. The zero-order chi connectivity index (χ0) is 46.3. The Bertz CT molecular complexity index is 2430. The van der Waals surface area contributed by atoms with Crippen LogP contribution < -0.4 is 25.8 Å². The highest BCUT2D eigenvalue weighted by Crippen LogP contribution is 2.37. The quantitative estimate of drug-likeness (QED) is 0.0922. The van der Waals surface area contributed by atoms with Crippen LogP contribution in [0.3, 0.4) is 0 Å². The molecule has 0 amide bonds. The molecular weight excluding hydrogens is 845 g/mol. The minimum absolute atomic E-state index is 0.0537. The number of aromatic nitrogens is 3. The van der Waals surface area contributed by atoms with Crippen molar-refractivity contribution in [1.82, 2.24) is 13.7 Å². The average Bonchev–Trinajstić information content (AvgIpc) is 3.16. The van der Waals surface area contributed by atoms with E-state index in [1.165, 1.54) is 7.05 Å². The molecule has 6 N–H and O–H groups in total. The molecule has 0 bridgehead atoms. The lowest BCUT2D eigenvalue weighted by atomic mass is 10.1. The summed E-state index contributed by atoms with van der Waals surface area (Å²) >= 11 is 0. The number of halogens is 9. The van der Waals surface area contributed by atoms with Crippen LogP contribution in [0.15, 0.2) is 112 Å². The lowest BCUT2D eigenvalue weighted by Crippen LogP contribution is -2.44. The number of rotatable bonds is 9. The fraction of sp³-hybridized carbons (Fsp3) is 0.289. The molecular formula is C38H36F9N3O11. The van der Waals surface area contributed by atoms with Gasteiger partial charge in [0.1, 0.15) is 13.2 Å². The van der Waals surface area contributed by atoms with Crippen LogP contribution in [0.4, 0.5) is 39.5 Å². The molecule has 0 aliphatic carbocycles. The number of aryl methyl sites for hydroxylation is 3. The van der Waals surface area contributed by atoms with Crippen molar-refractivity contribution in [3.05, 3.63) is 156 Å². The Morgan fingerprint density at radius 3 is 1.31 bits per heavy atom. The first kappa shape index (κ1) is 49.2. The van der Waals surface area contributed by atoms with Gasteiger partial charge in [-0.2, -0.15) is 39.5 Å². The number of hydrogen-bond acceptors (Lipinski definition) is 11. The maximum Gasteiger partial charge on any atom is 0.449 e. The smallest absolute Gasteiger partial charge is 0.449 e. The summed E-state index contributed by atoms with van der Waals surface area (Å²) in [5.41, 5.74) is -3.76. The van der Waals surface area contributed by atoms with Crippen molar-refractivity contribution in [3.63, 3.8) is 0 Å². The number of aromatic hydroxyl groups is 1. The molecule has 0 aliphatic heterocycles. The number of ether oxygens (including phenoxy) is 2. The Balaban J connectivity index is 0.000000248. The molecule has 332 valence electrons. The molecule has 61 heavy (non-hydrogen) atoms. The lowest BCUT2D eigenvalue weighted by molar-refractivity contribution is -0.360. The van der Waals surface area contributed by atoms with Gasteiger partial charge in [0.15, 0.2) is 23.4 Å². The van der Waals surface area contributed by atoms with Gasteiger partial charge in [0.25, 0.3) is 0 Å². The molecule has 0 saturated heterocycles. The summed E-state index contributed by atoms with van der Waals surface area (Å²) in [6, 6.07) is 19.4. The van der Waals surface area contributed by atoms with Crippen LogP contribution in [0.25, 0.3) is 0 Å². The normalized spacial score (nSPS) is 12.7. The third-order valence-corrected chi connectivity index (χ3v) is 8.23. The van der Waals surface area contributed by atoms with Gasteiger partial charge in [-0.15, -0.1) is 0 Å². The van der Waals surface area contributed by atoms with Gasteiger partial charge in [0.2, 0.25) is 16.3 Å². The number of aliphatic hydroxyl groups excluding tert-OH is 1. The van der Waals surface area contributed by atoms with Gasteiger partial charge in [-0.3, -0.25) is 14.4 Å². The van der Waals surface area contributed by atoms with E-state index in [2.05, 4.69) is 0 Å². The second kappa shape index (κ2) is 19.1. The molecule has 1 unspecified atom stereocenters. The van der Waals surface area contributed by atoms with Crippen molar-refractivity contribution in [3.8, 4) is 17.2 Å². The average molecular weight is 882 g/mol. The first-order valence-corrected chi connectivity index (χ1v) is 16.9. The van der Waals surface area contributed by atoms with E-state index in [0.717, 1.165) is 52.8 Å². The number of benzene rings is 2. The van der Waals surface area contributed by atoms with Crippen LogP contribution in [-0.2, 0) is 45.9 Å². The summed E-state index contributed by atoms with van der Waals surface area (Å²) in [7, 11) is 3.48. The van der Waals surface area contributed by atoms with E-state index in [9.17, 15) is 69.2 Å². The van der Waals surface area contributed by atoms with E-state index in [1.807, 2.05) is 6.07 Å². The van der Waals surface area contributed by atoms with Crippen LogP contribution >= 0.6 is 0 Å². The molecule has 3 aromatic heterocycles. The molecule has 0 spiro atoms. The Morgan fingerprint density at radius 2 is 0.918 bits per heavy atom. The van der Waals surface area contributed by atoms with Gasteiger partial charge in [0, 0.05) is 45.5 Å². The van der Waals surface area contributed by atoms with Crippen molar-refractivity contribution in [2.75, 3.05) is 0 Å². The highest BCUT2D eigenvalue weighted by molar-refractivity contribution is 5.27. The highest BCUT2D eigenvalue weighted by atomic mass is 19.4. The van der Waals surface area contributed by atoms with Crippen molar-refractivity contribution >= 4 is 0 Å². The third-order valence-electron chi connectivity index (χ3n) is 8.23. The van der Waals surface area contributed by atoms with E-state index in [4.69, 9.17) is 24.8 Å². The summed E-state index contributed by atoms with van der Waals surface area (Å²) in [6.45, 7) is 0.176. The molecule has 5 rings (SSSR count). The lowest BCUT2D eigenvalue weighted by Gasteiger charge is -2.26. The van der Waals surface area contributed by atoms with E-state index < -0.39 is 75.3 Å². The summed E-state index contributed by atoms with van der Waals surface area (Å²) in [6.07, 6.45) is -15.5. The molecule has 23 heteroatoms. The van der Waals surface area contributed by atoms with Gasteiger partial charge in [-0.1, -0.05) is 60.7 Å². The third kappa shape index (κ3) is 12.5. The van der Waals surface area contributed by atoms with Crippen molar-refractivity contribution < 1.29 is 79.6 Å². The SMILES string of the molecule is Cn1cc(O)c(=O)cc1C(O)(O)C(F)(F)F.Cn1cc(OCc2ccccc2)c(=O)cc1C(O)(O)C(F)(F)F.Cn1cc(OCc2ccccc2)c(=O)cc1C(O)C(F)(F)F. The van der Waals surface area contributed by atoms with Crippen LogP contribution in [0, 0.1) is 0 Å². The molecule has 0 fully saturated rings. The zero-order valence-corrected chi connectivity index (χ0v) is 31.7. The summed E-state index contributed by atoms with van der Waals surface area (Å²) in [5, 5.41) is 54.5. The molecule has 1 atom stereocenters. The summed E-state index contributed by atoms with van der Waals surface area (Å²) in [5.74, 6) is -9.33. The Hall–Kier alpha value is -6.14. The minimum atomic E-state index is -5.35. The fourth-order valence-corrected chi connectivity index (χ4v) is 4.95. The van der Waals surface area contributed by atoms with E-state index in [-0.39, 0.29) is 24.7 Å². The van der Waals surface area contributed by atoms with E-state index in [1.54, 1.807) is 54.6 Å². The summed E-state index contributed by atoms with van der Waals surface area (Å²) in [4.78, 5) is 34.6. The van der Waals surface area contributed by atoms with Gasteiger partial charge in [-0.25, -0.2) is 0 Å². The maximum absolute atomic E-state index is 12.7. The van der Waals surface area contributed by atoms with Crippen molar-refractivity contribution in [2.45, 2.75) is 49.4 Å². The van der Waals surface area contributed by atoms with Crippen LogP contribution in [0.2, 0.25) is 0 Å². The highest BCUT2D eigenvalue weighted by Gasteiger charge is 2.56. The van der Waals surface area contributed by atoms with E-state index >= 15 is 0 Å². The Morgan fingerprint density at radius 1 is 0.557 bits per heavy atom. The first-order valence-electron chi connectivity index (χ1n) is 16.9. The number of nitrogens with zero attached hydrogens (tertiary/aromatic N) is 3. The topological polar surface area (TPSA) is 206 Å².